The molecule has 1 aromatic rings. The van der Waals surface area contributed by atoms with Gasteiger partial charge in [-0.2, -0.15) is 13.2 Å². The molecule has 1 aliphatic heterocycles. The Balaban J connectivity index is 1.91. The normalized spacial score (nSPS) is 17.6. The standard InChI is InChI=1S/C17H21F3N2O2/c1-11(10-12-2-4-14(5-3-12)17(18,19)20)16(24)22-8-6-13(7-9-22)15(21)23/h2-5,11,13H,6-10H2,1H3,(H2,21,23). The zero-order valence-electron chi connectivity index (χ0n) is 13.5. The molecule has 1 fully saturated rings. The van der Waals surface area contributed by atoms with E-state index in [1.165, 1.54) is 12.1 Å². The molecule has 1 atom stereocenters. The predicted octanol–water partition coefficient (Wildman–Crippen LogP) is 2.61. The summed E-state index contributed by atoms with van der Waals surface area (Å²) < 4.78 is 37.6. The molecule has 2 rings (SSSR count). The number of nitrogens with two attached hydrogens (primary N) is 1. The van der Waals surface area contributed by atoms with Crippen molar-refractivity contribution in [3.8, 4) is 0 Å². The van der Waals surface area contributed by atoms with E-state index in [1.807, 2.05) is 0 Å². The highest BCUT2D eigenvalue weighted by Crippen LogP contribution is 2.29. The van der Waals surface area contributed by atoms with Gasteiger partial charge in [-0.25, -0.2) is 0 Å². The third-order valence-corrected chi connectivity index (χ3v) is 4.45. The van der Waals surface area contributed by atoms with Crippen molar-refractivity contribution in [2.45, 2.75) is 32.4 Å². The van der Waals surface area contributed by atoms with Crippen LogP contribution in [-0.4, -0.2) is 29.8 Å². The van der Waals surface area contributed by atoms with Crippen molar-refractivity contribution < 1.29 is 22.8 Å². The van der Waals surface area contributed by atoms with Crippen LogP contribution in [0.1, 0.15) is 30.9 Å². The van der Waals surface area contributed by atoms with Gasteiger partial charge in [-0.3, -0.25) is 9.59 Å². The van der Waals surface area contributed by atoms with Gasteiger partial charge in [0.05, 0.1) is 5.56 Å². The molecule has 1 heterocycles. The number of likely N-dealkylation sites (tertiary alicyclic amines) is 1. The van der Waals surface area contributed by atoms with E-state index in [0.717, 1.165) is 12.1 Å². The Morgan fingerprint density at radius 3 is 2.21 bits per heavy atom. The first-order chi connectivity index (χ1) is 11.2. The highest BCUT2D eigenvalue weighted by molar-refractivity contribution is 5.80. The number of piperidine rings is 1. The molecular weight excluding hydrogens is 321 g/mol. The highest BCUT2D eigenvalue weighted by atomic mass is 19.4. The van der Waals surface area contributed by atoms with Crippen LogP contribution in [0.15, 0.2) is 24.3 Å². The van der Waals surface area contributed by atoms with E-state index in [-0.39, 0.29) is 23.7 Å². The first kappa shape index (κ1) is 18.3. The zero-order valence-corrected chi connectivity index (χ0v) is 13.5. The van der Waals surface area contributed by atoms with Crippen LogP contribution in [0.25, 0.3) is 0 Å². The van der Waals surface area contributed by atoms with Gasteiger partial charge in [0.2, 0.25) is 11.8 Å². The lowest BCUT2D eigenvalue weighted by atomic mass is 9.94. The van der Waals surface area contributed by atoms with Crippen LogP contribution < -0.4 is 5.73 Å². The Morgan fingerprint density at radius 2 is 1.75 bits per heavy atom. The maximum absolute atomic E-state index is 12.5. The number of nitrogens with zero attached hydrogens (tertiary/aromatic N) is 1. The average Bonchev–Trinajstić information content (AvgIpc) is 2.54. The second-order valence-corrected chi connectivity index (χ2v) is 6.30. The van der Waals surface area contributed by atoms with E-state index in [2.05, 4.69) is 0 Å². The molecule has 0 spiro atoms. The van der Waals surface area contributed by atoms with Gasteiger partial charge >= 0.3 is 6.18 Å². The quantitative estimate of drug-likeness (QED) is 0.914. The summed E-state index contributed by atoms with van der Waals surface area (Å²) in [6.07, 6.45) is -2.85. The van der Waals surface area contributed by atoms with Crippen LogP contribution in [0.2, 0.25) is 0 Å². The van der Waals surface area contributed by atoms with Crippen molar-refractivity contribution in [1.29, 1.82) is 0 Å². The lowest BCUT2D eigenvalue weighted by molar-refractivity contribution is -0.138. The Labute approximate surface area is 138 Å². The number of hydrogen-bond donors (Lipinski definition) is 1. The molecule has 1 aromatic carbocycles. The van der Waals surface area contributed by atoms with Crippen LogP contribution in [0.4, 0.5) is 13.2 Å². The molecular formula is C17H21F3N2O2. The molecule has 0 radical (unpaired) electrons. The molecule has 4 nitrogen and oxygen atoms in total. The number of hydrogen-bond acceptors (Lipinski definition) is 2. The molecule has 2 amide bonds. The monoisotopic (exact) mass is 342 g/mol. The fourth-order valence-electron chi connectivity index (χ4n) is 2.97. The molecule has 132 valence electrons. The minimum atomic E-state index is -4.36. The Bertz CT molecular complexity index is 591. The van der Waals surface area contributed by atoms with E-state index >= 15 is 0 Å². The Morgan fingerprint density at radius 1 is 1.21 bits per heavy atom. The smallest absolute Gasteiger partial charge is 0.369 e. The van der Waals surface area contributed by atoms with E-state index in [9.17, 15) is 22.8 Å². The van der Waals surface area contributed by atoms with Crippen molar-refractivity contribution in [2.75, 3.05) is 13.1 Å². The number of primary amides is 1. The second kappa shape index (κ2) is 7.23. The van der Waals surface area contributed by atoms with Crippen molar-refractivity contribution in [3.05, 3.63) is 35.4 Å². The fraction of sp³-hybridized carbons (Fsp3) is 0.529. The van der Waals surface area contributed by atoms with Gasteiger partial charge in [0.25, 0.3) is 0 Å². The molecule has 0 bridgehead atoms. The SMILES string of the molecule is CC(Cc1ccc(C(F)(F)F)cc1)C(=O)N1CCC(C(N)=O)CC1. The summed E-state index contributed by atoms with van der Waals surface area (Å²) in [4.78, 5) is 25.3. The summed E-state index contributed by atoms with van der Waals surface area (Å²) in [5, 5.41) is 0. The van der Waals surface area contributed by atoms with E-state index in [1.54, 1.807) is 11.8 Å². The maximum Gasteiger partial charge on any atom is 0.416 e. The lowest BCUT2D eigenvalue weighted by Gasteiger charge is -2.32. The number of rotatable bonds is 4. The summed E-state index contributed by atoms with van der Waals surface area (Å²) in [5.74, 6) is -0.885. The van der Waals surface area contributed by atoms with Crippen molar-refractivity contribution in [3.63, 3.8) is 0 Å². The molecule has 1 aliphatic rings. The summed E-state index contributed by atoms with van der Waals surface area (Å²) in [6, 6.07) is 4.88. The van der Waals surface area contributed by atoms with Crippen molar-refractivity contribution in [2.24, 2.45) is 17.6 Å². The van der Waals surface area contributed by atoms with Gasteiger partial charge in [-0.05, 0) is 37.0 Å². The van der Waals surface area contributed by atoms with Gasteiger partial charge in [0.1, 0.15) is 0 Å². The summed E-state index contributed by atoms with van der Waals surface area (Å²) in [7, 11) is 0. The minimum absolute atomic E-state index is 0.0437. The zero-order chi connectivity index (χ0) is 17.9. The van der Waals surface area contributed by atoms with Gasteiger partial charge in [0.15, 0.2) is 0 Å². The van der Waals surface area contributed by atoms with Crippen LogP contribution >= 0.6 is 0 Å². The molecule has 0 aromatic heterocycles. The number of alkyl halides is 3. The van der Waals surface area contributed by atoms with Crippen LogP contribution in [-0.2, 0) is 22.2 Å². The largest absolute Gasteiger partial charge is 0.416 e. The molecule has 1 saturated heterocycles. The van der Waals surface area contributed by atoms with Crippen molar-refractivity contribution >= 4 is 11.8 Å². The van der Waals surface area contributed by atoms with Gasteiger partial charge in [-0.15, -0.1) is 0 Å². The van der Waals surface area contributed by atoms with E-state index < -0.39 is 11.7 Å². The molecule has 2 N–H and O–H groups in total. The van der Waals surface area contributed by atoms with Gasteiger partial charge in [-0.1, -0.05) is 19.1 Å². The average molecular weight is 342 g/mol. The first-order valence-electron chi connectivity index (χ1n) is 7.92. The lowest BCUT2D eigenvalue weighted by Crippen LogP contribution is -2.44. The molecule has 24 heavy (non-hydrogen) atoms. The molecule has 7 heteroatoms. The third kappa shape index (κ3) is 4.49. The van der Waals surface area contributed by atoms with E-state index in [4.69, 9.17) is 5.73 Å². The molecule has 0 saturated carbocycles. The summed E-state index contributed by atoms with van der Waals surface area (Å²) in [5.41, 5.74) is 5.27. The van der Waals surface area contributed by atoms with Gasteiger partial charge in [0, 0.05) is 24.9 Å². The minimum Gasteiger partial charge on any atom is -0.369 e. The summed E-state index contributed by atoms with van der Waals surface area (Å²) in [6.45, 7) is 2.74. The van der Waals surface area contributed by atoms with Crippen LogP contribution in [0.5, 0.6) is 0 Å². The highest BCUT2D eigenvalue weighted by Gasteiger charge is 2.31. The number of benzene rings is 1. The van der Waals surface area contributed by atoms with Gasteiger partial charge < -0.3 is 10.6 Å². The third-order valence-electron chi connectivity index (χ3n) is 4.45. The van der Waals surface area contributed by atoms with Crippen LogP contribution in [0.3, 0.4) is 0 Å². The van der Waals surface area contributed by atoms with E-state index in [0.29, 0.717) is 37.9 Å². The van der Waals surface area contributed by atoms with Crippen LogP contribution in [0, 0.1) is 11.8 Å². The molecule has 0 aliphatic carbocycles. The number of carbonyl (C=O) groups excluding carboxylic acids is 2. The second-order valence-electron chi connectivity index (χ2n) is 6.30. The number of halogens is 3. The number of amides is 2. The Kier molecular flexibility index (Phi) is 5.51. The Hall–Kier alpha value is -2.05. The van der Waals surface area contributed by atoms with Crippen molar-refractivity contribution in [1.82, 2.24) is 4.90 Å². The maximum atomic E-state index is 12.5. The predicted molar refractivity (Wildman–Crippen MR) is 82.8 cm³/mol. The fourth-order valence-corrected chi connectivity index (χ4v) is 2.97. The summed E-state index contributed by atoms with van der Waals surface area (Å²) >= 11 is 0. The first-order valence-corrected chi connectivity index (χ1v) is 7.92. The molecule has 1 unspecified atom stereocenters. The topological polar surface area (TPSA) is 63.4 Å². The number of carbonyl (C=O) groups is 2.